The molecule has 8 heteroatoms. The first-order valence-electron chi connectivity index (χ1n) is 11.9. The largest absolute Gasteiger partial charge is 0.469 e. The number of furan rings is 1. The number of guanidine groups is 1. The molecule has 2 fully saturated rings. The molecule has 2 heterocycles. The summed E-state index contributed by atoms with van der Waals surface area (Å²) in [5, 5.41) is 10.0. The Kier molecular flexibility index (Phi) is 10.5. The maximum absolute atomic E-state index is 11.8. The van der Waals surface area contributed by atoms with Crippen LogP contribution in [-0.2, 0) is 17.8 Å². The van der Waals surface area contributed by atoms with E-state index in [0.29, 0.717) is 25.7 Å². The third kappa shape index (κ3) is 9.00. The average Bonchev–Trinajstić information content (AvgIpc) is 3.55. The molecule has 2 aliphatic rings. The average molecular weight is 566 g/mol. The summed E-state index contributed by atoms with van der Waals surface area (Å²) in [6, 6.07) is 14.9. The fourth-order valence-corrected chi connectivity index (χ4v) is 4.01. The summed E-state index contributed by atoms with van der Waals surface area (Å²) in [6.07, 6.45) is 6.71. The maximum atomic E-state index is 11.8. The lowest BCUT2D eigenvalue weighted by Crippen LogP contribution is -2.49. The van der Waals surface area contributed by atoms with Crippen LogP contribution >= 0.6 is 24.0 Å². The zero-order valence-electron chi connectivity index (χ0n) is 19.2. The lowest BCUT2D eigenvalue weighted by Gasteiger charge is -2.33. The van der Waals surface area contributed by atoms with Crippen LogP contribution in [0.1, 0.15) is 37.0 Å². The number of hydrogen-bond acceptors (Lipinski definition) is 4. The molecule has 1 saturated carbocycles. The van der Waals surface area contributed by atoms with Gasteiger partial charge in [-0.2, -0.15) is 0 Å². The summed E-state index contributed by atoms with van der Waals surface area (Å²) >= 11 is 0. The second-order valence-corrected chi connectivity index (χ2v) is 8.73. The van der Waals surface area contributed by atoms with Gasteiger partial charge in [-0.3, -0.25) is 14.7 Å². The first-order valence-corrected chi connectivity index (χ1v) is 11.9. The van der Waals surface area contributed by atoms with Crippen molar-refractivity contribution in [2.75, 3.05) is 32.7 Å². The highest BCUT2D eigenvalue weighted by Gasteiger charge is 2.29. The third-order valence-electron chi connectivity index (χ3n) is 6.05. The van der Waals surface area contributed by atoms with Gasteiger partial charge in [0.25, 0.3) is 0 Å². The van der Waals surface area contributed by atoms with Crippen molar-refractivity contribution in [3.05, 3.63) is 60.1 Å². The number of carbonyl (C=O) groups excluding carboxylic acids is 1. The Morgan fingerprint density at radius 1 is 1.00 bits per heavy atom. The molecule has 0 radical (unpaired) electrons. The Morgan fingerprint density at radius 2 is 1.76 bits per heavy atom. The van der Waals surface area contributed by atoms with E-state index in [0.717, 1.165) is 63.5 Å². The fraction of sp³-hybridized carbons (Fsp3) is 0.520. The van der Waals surface area contributed by atoms with Crippen LogP contribution in [0, 0.1) is 5.92 Å². The van der Waals surface area contributed by atoms with E-state index >= 15 is 0 Å². The van der Waals surface area contributed by atoms with Crippen LogP contribution in [0.25, 0.3) is 0 Å². The first-order chi connectivity index (χ1) is 15.8. The van der Waals surface area contributed by atoms with Crippen molar-refractivity contribution in [3.63, 3.8) is 0 Å². The van der Waals surface area contributed by atoms with Crippen LogP contribution in [0.3, 0.4) is 0 Å². The number of nitrogens with zero attached hydrogens (tertiary/aromatic N) is 2. The van der Waals surface area contributed by atoms with Gasteiger partial charge < -0.3 is 20.4 Å². The molecule has 0 bridgehead atoms. The van der Waals surface area contributed by atoms with Crippen molar-refractivity contribution >= 4 is 35.8 Å². The van der Waals surface area contributed by atoms with Crippen molar-refractivity contribution in [2.45, 2.75) is 44.7 Å². The molecule has 1 aromatic heterocycles. The highest BCUT2D eigenvalue weighted by Crippen LogP contribution is 2.28. The van der Waals surface area contributed by atoms with Gasteiger partial charge in [0.15, 0.2) is 5.96 Å². The van der Waals surface area contributed by atoms with E-state index in [2.05, 4.69) is 51.2 Å². The Labute approximate surface area is 213 Å². The van der Waals surface area contributed by atoms with Crippen molar-refractivity contribution < 1.29 is 9.21 Å². The van der Waals surface area contributed by atoms with Crippen LogP contribution in [0.5, 0.6) is 0 Å². The summed E-state index contributed by atoms with van der Waals surface area (Å²) in [5.74, 6) is 2.19. The molecular formula is C25H36IN5O2. The number of hydrogen-bond donors (Lipinski definition) is 3. The molecule has 1 aliphatic carbocycles. The summed E-state index contributed by atoms with van der Waals surface area (Å²) in [6.45, 7) is 5.09. The van der Waals surface area contributed by atoms with Gasteiger partial charge in [-0.05, 0) is 43.4 Å². The van der Waals surface area contributed by atoms with Crippen LogP contribution in [0.15, 0.2) is 58.1 Å². The molecule has 0 spiro atoms. The number of aliphatic imine (C=N–C) groups is 1. The minimum Gasteiger partial charge on any atom is -0.469 e. The van der Waals surface area contributed by atoms with Crippen LogP contribution < -0.4 is 16.0 Å². The van der Waals surface area contributed by atoms with Gasteiger partial charge in [0, 0.05) is 57.6 Å². The number of carbonyl (C=O) groups is 1. The monoisotopic (exact) mass is 565 g/mol. The number of benzene rings is 1. The molecule has 0 unspecified atom stereocenters. The summed E-state index contributed by atoms with van der Waals surface area (Å²) in [7, 11) is 0. The maximum Gasteiger partial charge on any atom is 0.223 e. The number of rotatable bonds is 10. The molecule has 3 N–H and O–H groups in total. The molecule has 7 nitrogen and oxygen atoms in total. The highest BCUT2D eigenvalue weighted by atomic mass is 127. The number of piperidine rings is 1. The zero-order chi connectivity index (χ0) is 22.0. The van der Waals surface area contributed by atoms with Gasteiger partial charge >= 0.3 is 0 Å². The second-order valence-electron chi connectivity index (χ2n) is 8.73. The highest BCUT2D eigenvalue weighted by molar-refractivity contribution is 14.0. The van der Waals surface area contributed by atoms with Gasteiger partial charge in [-0.1, -0.05) is 30.3 Å². The molecule has 1 aliphatic heterocycles. The minimum atomic E-state index is 0. The standard InChI is InChI=1S/C25H35N5O2.HI/c31-24(21-8-9-21)26-14-15-28-25(27-13-10-23-7-4-18-32-23)29-22-11-16-30(17-12-22)19-20-5-2-1-3-6-20;/h1-7,18,21-22H,8-17,19H2,(H,26,31)(H2,27,28,29);1H. The molecule has 4 rings (SSSR count). The Bertz CT molecular complexity index is 847. The first kappa shape index (κ1) is 25.6. The van der Waals surface area contributed by atoms with Gasteiger partial charge in [0.1, 0.15) is 5.76 Å². The van der Waals surface area contributed by atoms with Gasteiger partial charge in [0.05, 0.1) is 6.26 Å². The predicted molar refractivity (Wildman–Crippen MR) is 142 cm³/mol. The molecule has 2 aromatic rings. The van der Waals surface area contributed by atoms with Crippen LogP contribution in [0.2, 0.25) is 0 Å². The second kappa shape index (κ2) is 13.6. The Balaban J connectivity index is 0.00000306. The van der Waals surface area contributed by atoms with Crippen molar-refractivity contribution in [3.8, 4) is 0 Å². The van der Waals surface area contributed by atoms with Gasteiger partial charge in [-0.15, -0.1) is 24.0 Å². The summed E-state index contributed by atoms with van der Waals surface area (Å²) in [5.41, 5.74) is 1.37. The van der Waals surface area contributed by atoms with E-state index < -0.39 is 0 Å². The van der Waals surface area contributed by atoms with Gasteiger partial charge in [0.2, 0.25) is 5.91 Å². The van der Waals surface area contributed by atoms with Crippen LogP contribution in [-0.4, -0.2) is 55.5 Å². The normalized spacial score (nSPS) is 17.3. The lowest BCUT2D eigenvalue weighted by molar-refractivity contribution is -0.122. The third-order valence-corrected chi connectivity index (χ3v) is 6.05. The van der Waals surface area contributed by atoms with Gasteiger partial charge in [-0.25, -0.2) is 0 Å². The number of halogens is 1. The molecule has 180 valence electrons. The zero-order valence-corrected chi connectivity index (χ0v) is 21.5. The molecule has 0 atom stereocenters. The van der Waals surface area contributed by atoms with E-state index in [-0.39, 0.29) is 35.8 Å². The SMILES string of the molecule is I.O=C(NCCNC(=NCCc1ccco1)NC1CCN(Cc2ccccc2)CC1)C1CC1. The number of nitrogens with one attached hydrogen (secondary N) is 3. The van der Waals surface area contributed by atoms with E-state index in [9.17, 15) is 4.79 Å². The minimum absolute atomic E-state index is 0. The summed E-state index contributed by atoms with van der Waals surface area (Å²) in [4.78, 5) is 19.1. The fourth-order valence-electron chi connectivity index (χ4n) is 4.01. The topological polar surface area (TPSA) is 81.9 Å². The Morgan fingerprint density at radius 3 is 2.45 bits per heavy atom. The molecule has 1 amide bonds. The smallest absolute Gasteiger partial charge is 0.223 e. The van der Waals surface area contributed by atoms with E-state index in [1.807, 2.05) is 12.1 Å². The van der Waals surface area contributed by atoms with Crippen LogP contribution in [0.4, 0.5) is 0 Å². The molecular weight excluding hydrogens is 529 g/mol. The number of likely N-dealkylation sites (tertiary alicyclic amines) is 1. The molecule has 33 heavy (non-hydrogen) atoms. The lowest BCUT2D eigenvalue weighted by atomic mass is 10.0. The number of amides is 1. The van der Waals surface area contributed by atoms with E-state index in [1.54, 1.807) is 6.26 Å². The van der Waals surface area contributed by atoms with E-state index in [1.165, 1.54) is 5.56 Å². The predicted octanol–water partition coefficient (Wildman–Crippen LogP) is 3.17. The quantitative estimate of drug-likeness (QED) is 0.179. The Hall–Kier alpha value is -2.07. The van der Waals surface area contributed by atoms with Crippen molar-refractivity contribution in [2.24, 2.45) is 10.9 Å². The van der Waals surface area contributed by atoms with E-state index in [4.69, 9.17) is 9.41 Å². The van der Waals surface area contributed by atoms with Crippen molar-refractivity contribution in [1.29, 1.82) is 0 Å². The molecule has 1 aromatic carbocycles. The van der Waals surface area contributed by atoms with Crippen molar-refractivity contribution in [1.82, 2.24) is 20.9 Å². The molecule has 1 saturated heterocycles. The summed E-state index contributed by atoms with van der Waals surface area (Å²) < 4.78 is 5.42.